The summed E-state index contributed by atoms with van der Waals surface area (Å²) in [7, 11) is 0. The third-order valence-electron chi connectivity index (χ3n) is 3.94. The molecule has 0 saturated heterocycles. The van der Waals surface area contributed by atoms with Gasteiger partial charge < -0.3 is 5.73 Å². The lowest BCUT2D eigenvalue weighted by Crippen LogP contribution is -2.10. The molecular formula is C22H23NO. The van der Waals surface area contributed by atoms with Crippen molar-refractivity contribution in [2.24, 2.45) is 5.73 Å². The van der Waals surface area contributed by atoms with Crippen molar-refractivity contribution in [3.63, 3.8) is 0 Å². The number of hydrogen-bond acceptors (Lipinski definition) is 1. The minimum absolute atomic E-state index is 0.375. The van der Waals surface area contributed by atoms with Crippen molar-refractivity contribution in [2.75, 3.05) is 0 Å². The molecule has 3 aromatic carbocycles. The highest BCUT2D eigenvalue weighted by molar-refractivity contribution is 5.92. The van der Waals surface area contributed by atoms with Gasteiger partial charge in [-0.2, -0.15) is 0 Å². The van der Waals surface area contributed by atoms with Crippen LogP contribution in [0.4, 0.5) is 0 Å². The summed E-state index contributed by atoms with van der Waals surface area (Å²) in [5.41, 5.74) is 9.46. The molecule has 0 aliphatic rings. The fourth-order valence-electron chi connectivity index (χ4n) is 2.39. The maximum Gasteiger partial charge on any atom is 0.248 e. The van der Waals surface area contributed by atoms with Crippen molar-refractivity contribution in [1.82, 2.24) is 0 Å². The van der Waals surface area contributed by atoms with E-state index in [0.717, 1.165) is 5.56 Å². The first-order chi connectivity index (χ1) is 11.6. The summed E-state index contributed by atoms with van der Waals surface area (Å²) in [4.78, 5) is 10.5. The molecule has 0 saturated carbocycles. The van der Waals surface area contributed by atoms with E-state index in [1.165, 1.54) is 11.1 Å². The van der Waals surface area contributed by atoms with Gasteiger partial charge in [0.05, 0.1) is 0 Å². The summed E-state index contributed by atoms with van der Waals surface area (Å²) in [6.45, 7) is 4.20. The second-order valence-electron chi connectivity index (χ2n) is 5.77. The van der Waals surface area contributed by atoms with Crippen LogP contribution in [0.1, 0.15) is 39.9 Å². The standard InChI is InChI=1S/C14H14.C8H9NO/c1-12(13-8-4-2-5-9-13)14-10-6-3-7-11-14;1-6-2-4-7(5-3-6)8(9)10/h2-12H,1H3;2-5H,1H3,(H2,9,10). The number of nitrogens with two attached hydrogens (primary N) is 1. The Morgan fingerprint density at radius 1 is 0.750 bits per heavy atom. The number of rotatable bonds is 3. The predicted molar refractivity (Wildman–Crippen MR) is 100 cm³/mol. The smallest absolute Gasteiger partial charge is 0.248 e. The van der Waals surface area contributed by atoms with Gasteiger partial charge in [0.1, 0.15) is 0 Å². The van der Waals surface area contributed by atoms with Crippen molar-refractivity contribution in [3.8, 4) is 0 Å². The Bertz CT molecular complexity index is 709. The molecule has 2 heteroatoms. The highest BCUT2D eigenvalue weighted by Crippen LogP contribution is 2.22. The number of amides is 1. The van der Waals surface area contributed by atoms with Gasteiger partial charge in [-0.15, -0.1) is 0 Å². The molecule has 0 aromatic heterocycles. The molecule has 2 nitrogen and oxygen atoms in total. The number of benzene rings is 3. The highest BCUT2D eigenvalue weighted by atomic mass is 16.1. The largest absolute Gasteiger partial charge is 0.366 e. The molecule has 0 aliphatic heterocycles. The Morgan fingerprint density at radius 2 is 1.17 bits per heavy atom. The quantitative estimate of drug-likeness (QED) is 0.731. The lowest BCUT2D eigenvalue weighted by Gasteiger charge is -2.11. The molecule has 3 rings (SSSR count). The fraction of sp³-hybridized carbons (Fsp3) is 0.136. The van der Waals surface area contributed by atoms with Gasteiger partial charge >= 0.3 is 0 Å². The van der Waals surface area contributed by atoms with Crippen LogP contribution in [0, 0.1) is 6.92 Å². The molecule has 0 aliphatic carbocycles. The van der Waals surface area contributed by atoms with E-state index in [4.69, 9.17) is 5.73 Å². The molecule has 0 atom stereocenters. The van der Waals surface area contributed by atoms with E-state index in [-0.39, 0.29) is 5.91 Å². The molecule has 0 radical (unpaired) electrons. The Hall–Kier alpha value is -2.87. The molecular weight excluding hydrogens is 294 g/mol. The van der Waals surface area contributed by atoms with Crippen molar-refractivity contribution in [3.05, 3.63) is 107 Å². The summed E-state index contributed by atoms with van der Waals surface area (Å²) in [5, 5.41) is 0. The van der Waals surface area contributed by atoms with Crippen LogP contribution in [-0.2, 0) is 0 Å². The van der Waals surface area contributed by atoms with Crippen LogP contribution < -0.4 is 5.73 Å². The predicted octanol–water partition coefficient (Wildman–Crippen LogP) is 4.93. The molecule has 0 heterocycles. The van der Waals surface area contributed by atoms with Crippen molar-refractivity contribution in [1.29, 1.82) is 0 Å². The van der Waals surface area contributed by atoms with Crippen molar-refractivity contribution < 1.29 is 4.79 Å². The van der Waals surface area contributed by atoms with Crippen molar-refractivity contribution in [2.45, 2.75) is 19.8 Å². The summed E-state index contributed by atoms with van der Waals surface area (Å²) < 4.78 is 0. The highest BCUT2D eigenvalue weighted by Gasteiger charge is 2.05. The second kappa shape index (κ2) is 8.68. The molecule has 3 aromatic rings. The molecule has 0 unspecified atom stereocenters. The molecule has 0 fully saturated rings. The maximum atomic E-state index is 10.5. The monoisotopic (exact) mass is 317 g/mol. The number of hydrogen-bond donors (Lipinski definition) is 1. The second-order valence-corrected chi connectivity index (χ2v) is 5.77. The van der Waals surface area contributed by atoms with E-state index in [0.29, 0.717) is 11.5 Å². The topological polar surface area (TPSA) is 43.1 Å². The third kappa shape index (κ3) is 5.10. The normalized spacial score (nSPS) is 9.96. The minimum atomic E-state index is -0.375. The van der Waals surface area contributed by atoms with E-state index in [9.17, 15) is 4.79 Å². The summed E-state index contributed by atoms with van der Waals surface area (Å²) in [6, 6.07) is 28.4. The zero-order valence-corrected chi connectivity index (χ0v) is 14.1. The zero-order chi connectivity index (χ0) is 17.4. The lowest BCUT2D eigenvalue weighted by molar-refractivity contribution is 0.100. The van der Waals surface area contributed by atoms with E-state index < -0.39 is 0 Å². The summed E-state index contributed by atoms with van der Waals surface area (Å²) in [5.74, 6) is 0.109. The molecule has 0 bridgehead atoms. The van der Waals surface area contributed by atoms with Crippen LogP contribution in [0.3, 0.4) is 0 Å². The number of primary amides is 1. The first-order valence-corrected chi connectivity index (χ1v) is 8.04. The van der Waals surface area contributed by atoms with E-state index >= 15 is 0 Å². The Balaban J connectivity index is 0.000000185. The average Bonchev–Trinajstić information content (AvgIpc) is 2.63. The van der Waals surface area contributed by atoms with Gasteiger partial charge in [-0.05, 0) is 30.2 Å². The average molecular weight is 317 g/mol. The van der Waals surface area contributed by atoms with Crippen molar-refractivity contribution >= 4 is 5.91 Å². The van der Waals surface area contributed by atoms with E-state index in [1.807, 2.05) is 19.1 Å². The zero-order valence-electron chi connectivity index (χ0n) is 14.1. The maximum absolute atomic E-state index is 10.5. The Morgan fingerprint density at radius 3 is 1.54 bits per heavy atom. The molecule has 1 amide bonds. The number of carbonyl (C=O) groups excluding carboxylic acids is 1. The summed E-state index contributed by atoms with van der Waals surface area (Å²) in [6.07, 6.45) is 0. The number of carbonyl (C=O) groups is 1. The molecule has 122 valence electrons. The van der Waals surface area contributed by atoms with Crippen LogP contribution in [0.5, 0.6) is 0 Å². The van der Waals surface area contributed by atoms with Gasteiger partial charge in [0.2, 0.25) is 5.91 Å². The van der Waals surface area contributed by atoms with E-state index in [1.54, 1.807) is 12.1 Å². The molecule has 0 spiro atoms. The molecule has 24 heavy (non-hydrogen) atoms. The Kier molecular flexibility index (Phi) is 6.32. The van der Waals surface area contributed by atoms with Crippen LogP contribution in [0.2, 0.25) is 0 Å². The van der Waals surface area contributed by atoms with E-state index in [2.05, 4.69) is 67.6 Å². The fourth-order valence-corrected chi connectivity index (χ4v) is 2.39. The minimum Gasteiger partial charge on any atom is -0.366 e. The third-order valence-corrected chi connectivity index (χ3v) is 3.94. The number of aryl methyl sites for hydroxylation is 1. The van der Waals surface area contributed by atoms with Crippen LogP contribution in [-0.4, -0.2) is 5.91 Å². The SMILES string of the molecule is CC(c1ccccc1)c1ccccc1.Cc1ccc(C(N)=O)cc1. The van der Waals surface area contributed by atoms with Crippen LogP contribution in [0.15, 0.2) is 84.9 Å². The lowest BCUT2D eigenvalue weighted by atomic mass is 9.93. The van der Waals surface area contributed by atoms with Gasteiger partial charge in [-0.25, -0.2) is 0 Å². The van der Waals surface area contributed by atoms with Gasteiger partial charge in [0, 0.05) is 11.5 Å². The van der Waals surface area contributed by atoms with Gasteiger partial charge in [-0.1, -0.05) is 85.3 Å². The van der Waals surface area contributed by atoms with Gasteiger partial charge in [-0.3, -0.25) is 4.79 Å². The van der Waals surface area contributed by atoms with Gasteiger partial charge in [0.15, 0.2) is 0 Å². The first kappa shape index (κ1) is 17.5. The molecule has 2 N–H and O–H groups in total. The summed E-state index contributed by atoms with van der Waals surface area (Å²) >= 11 is 0. The van der Waals surface area contributed by atoms with Crippen LogP contribution >= 0.6 is 0 Å². The first-order valence-electron chi connectivity index (χ1n) is 8.04. The van der Waals surface area contributed by atoms with Crippen LogP contribution in [0.25, 0.3) is 0 Å². The Labute approximate surface area is 144 Å². The van der Waals surface area contributed by atoms with Gasteiger partial charge in [0.25, 0.3) is 0 Å².